The van der Waals surface area contributed by atoms with Crippen LogP contribution in [0.2, 0.25) is 5.15 Å². The van der Waals surface area contributed by atoms with E-state index in [1.54, 1.807) is 30.9 Å². The quantitative estimate of drug-likeness (QED) is 0.924. The highest BCUT2D eigenvalue weighted by molar-refractivity contribution is 6.33. The van der Waals surface area contributed by atoms with Crippen LogP contribution in [-0.2, 0) is 6.54 Å². The summed E-state index contributed by atoms with van der Waals surface area (Å²) in [5.41, 5.74) is 0.874. The molecule has 0 saturated carbocycles. The fourth-order valence-corrected chi connectivity index (χ4v) is 3.26. The Labute approximate surface area is 144 Å². The Hall–Kier alpha value is -1.92. The van der Waals surface area contributed by atoms with E-state index in [0.29, 0.717) is 30.8 Å². The van der Waals surface area contributed by atoms with E-state index in [1.807, 2.05) is 0 Å². The average Bonchev–Trinajstić information content (AvgIpc) is 3.01. The highest BCUT2D eigenvalue weighted by atomic mass is 35.5. The second-order valence-corrected chi connectivity index (χ2v) is 6.87. The van der Waals surface area contributed by atoms with Crippen LogP contribution in [0.5, 0.6) is 0 Å². The monoisotopic (exact) mass is 351 g/mol. The lowest BCUT2D eigenvalue weighted by atomic mass is 10.1. The summed E-state index contributed by atoms with van der Waals surface area (Å²) in [6.07, 6.45) is 0.541. The Morgan fingerprint density at radius 3 is 2.67 bits per heavy atom. The third-order valence-corrected chi connectivity index (χ3v) is 4.65. The molecular formula is C17H19ClFN3O2. The fraction of sp³-hybridized carbons (Fsp3) is 0.412. The number of likely N-dealkylation sites (tertiary alicyclic amines) is 1. The van der Waals surface area contributed by atoms with Gasteiger partial charge in [0.1, 0.15) is 11.0 Å². The van der Waals surface area contributed by atoms with Crippen LogP contribution in [0.4, 0.5) is 4.39 Å². The van der Waals surface area contributed by atoms with Gasteiger partial charge in [-0.1, -0.05) is 23.7 Å². The van der Waals surface area contributed by atoms with Crippen molar-refractivity contribution in [2.75, 3.05) is 13.1 Å². The average molecular weight is 352 g/mol. The summed E-state index contributed by atoms with van der Waals surface area (Å²) in [5.74, 6) is -0.529. The number of carbonyl (C=O) groups is 1. The van der Waals surface area contributed by atoms with Crippen LogP contribution < -0.4 is 0 Å². The molecule has 24 heavy (non-hydrogen) atoms. The predicted molar refractivity (Wildman–Crippen MR) is 88.6 cm³/mol. The minimum atomic E-state index is -0.861. The van der Waals surface area contributed by atoms with Gasteiger partial charge in [-0.15, -0.1) is 0 Å². The van der Waals surface area contributed by atoms with E-state index in [1.165, 1.54) is 16.8 Å². The molecular weight excluding hydrogens is 333 g/mol. The Bertz CT molecular complexity index is 771. The lowest BCUT2D eigenvalue weighted by molar-refractivity contribution is 0.0572. The van der Waals surface area contributed by atoms with E-state index in [0.717, 1.165) is 5.56 Å². The molecule has 1 N–H and O–H groups in total. The van der Waals surface area contributed by atoms with Gasteiger partial charge in [-0.05, 0) is 38.0 Å². The second-order valence-electron chi connectivity index (χ2n) is 6.51. The molecule has 2 aromatic rings. The van der Waals surface area contributed by atoms with Gasteiger partial charge in [0.2, 0.25) is 0 Å². The van der Waals surface area contributed by atoms with Crippen molar-refractivity contribution in [1.82, 2.24) is 14.7 Å². The molecule has 1 aromatic heterocycles. The Balaban J connectivity index is 1.84. The van der Waals surface area contributed by atoms with Crippen molar-refractivity contribution in [2.45, 2.75) is 32.4 Å². The van der Waals surface area contributed by atoms with Crippen LogP contribution in [0.1, 0.15) is 35.0 Å². The Morgan fingerprint density at radius 2 is 2.08 bits per heavy atom. The summed E-state index contributed by atoms with van der Waals surface area (Å²) in [4.78, 5) is 14.3. The lowest BCUT2D eigenvalue weighted by Gasteiger charge is -2.19. The standard InChI is InChI=1S/C17H19ClFN3O2/c1-11-14(16(23)21-8-7-17(2,24)10-21)15(18)22(20-11)9-12-3-5-13(19)6-4-12/h3-6,24H,7-10H2,1-2H3/t17-/m0/s1. The van der Waals surface area contributed by atoms with E-state index in [2.05, 4.69) is 5.10 Å². The highest BCUT2D eigenvalue weighted by Gasteiger charge is 2.36. The first kappa shape index (κ1) is 16.9. The molecule has 1 aromatic carbocycles. The molecule has 1 aliphatic rings. The van der Waals surface area contributed by atoms with Crippen molar-refractivity contribution >= 4 is 17.5 Å². The molecule has 1 aliphatic heterocycles. The first-order valence-corrected chi connectivity index (χ1v) is 8.14. The maximum atomic E-state index is 13.0. The maximum absolute atomic E-state index is 13.0. The summed E-state index contributed by atoms with van der Waals surface area (Å²) >= 11 is 6.37. The molecule has 128 valence electrons. The van der Waals surface area contributed by atoms with Gasteiger partial charge in [-0.3, -0.25) is 4.79 Å². The summed E-state index contributed by atoms with van der Waals surface area (Å²) in [7, 11) is 0. The number of nitrogens with zero attached hydrogens (tertiary/aromatic N) is 3. The number of β-amino-alcohol motifs (C(OH)–C–C–N with tert-alkyl or cyclic N) is 1. The maximum Gasteiger partial charge on any atom is 0.258 e. The normalized spacial score (nSPS) is 20.6. The molecule has 1 atom stereocenters. The van der Waals surface area contributed by atoms with Gasteiger partial charge >= 0.3 is 0 Å². The van der Waals surface area contributed by atoms with Crippen LogP contribution in [0.3, 0.4) is 0 Å². The highest BCUT2D eigenvalue weighted by Crippen LogP contribution is 2.27. The second kappa shape index (κ2) is 6.18. The van der Waals surface area contributed by atoms with E-state index in [4.69, 9.17) is 11.6 Å². The summed E-state index contributed by atoms with van der Waals surface area (Å²) in [6, 6.07) is 6.06. The van der Waals surface area contributed by atoms with Crippen molar-refractivity contribution < 1.29 is 14.3 Å². The smallest absolute Gasteiger partial charge is 0.258 e. The number of rotatable bonds is 3. The first-order chi connectivity index (χ1) is 11.3. The van der Waals surface area contributed by atoms with Crippen molar-refractivity contribution in [2.24, 2.45) is 0 Å². The molecule has 0 spiro atoms. The van der Waals surface area contributed by atoms with E-state index < -0.39 is 5.60 Å². The molecule has 1 fully saturated rings. The lowest BCUT2D eigenvalue weighted by Crippen LogP contribution is -2.34. The molecule has 5 nitrogen and oxygen atoms in total. The number of carbonyl (C=O) groups excluding carboxylic acids is 1. The molecule has 1 amide bonds. The van der Waals surface area contributed by atoms with Gasteiger partial charge in [0.05, 0.1) is 23.4 Å². The Kier molecular flexibility index (Phi) is 4.36. The number of aliphatic hydroxyl groups is 1. The number of aromatic nitrogens is 2. The molecule has 3 rings (SSSR count). The van der Waals surface area contributed by atoms with Crippen LogP contribution >= 0.6 is 11.6 Å². The molecule has 0 unspecified atom stereocenters. The van der Waals surface area contributed by atoms with Gasteiger partial charge in [-0.2, -0.15) is 5.10 Å². The number of amides is 1. The van der Waals surface area contributed by atoms with E-state index in [-0.39, 0.29) is 23.4 Å². The van der Waals surface area contributed by atoms with Crippen molar-refractivity contribution in [1.29, 1.82) is 0 Å². The van der Waals surface area contributed by atoms with E-state index in [9.17, 15) is 14.3 Å². The molecule has 0 bridgehead atoms. The number of benzene rings is 1. The zero-order valence-corrected chi connectivity index (χ0v) is 14.3. The number of hydrogen-bond donors (Lipinski definition) is 1. The predicted octanol–water partition coefficient (Wildman–Crippen LogP) is 2.63. The largest absolute Gasteiger partial charge is 0.388 e. The number of aryl methyl sites for hydroxylation is 1. The molecule has 7 heteroatoms. The Morgan fingerprint density at radius 1 is 1.42 bits per heavy atom. The molecule has 0 radical (unpaired) electrons. The summed E-state index contributed by atoms with van der Waals surface area (Å²) in [6.45, 7) is 4.57. The zero-order valence-electron chi connectivity index (χ0n) is 13.6. The minimum Gasteiger partial charge on any atom is -0.388 e. The van der Waals surface area contributed by atoms with Gasteiger partial charge in [-0.25, -0.2) is 9.07 Å². The van der Waals surface area contributed by atoms with Crippen LogP contribution in [-0.4, -0.2) is 44.4 Å². The van der Waals surface area contributed by atoms with Gasteiger partial charge < -0.3 is 10.0 Å². The van der Waals surface area contributed by atoms with Gasteiger partial charge in [0.25, 0.3) is 5.91 Å². The molecule has 0 aliphatic carbocycles. The van der Waals surface area contributed by atoms with Crippen LogP contribution in [0, 0.1) is 12.7 Å². The van der Waals surface area contributed by atoms with Gasteiger partial charge in [0.15, 0.2) is 0 Å². The van der Waals surface area contributed by atoms with Crippen molar-refractivity contribution in [3.8, 4) is 0 Å². The molecule has 1 saturated heterocycles. The molecule has 2 heterocycles. The van der Waals surface area contributed by atoms with Crippen molar-refractivity contribution in [3.05, 3.63) is 52.1 Å². The SMILES string of the molecule is Cc1nn(Cc2ccc(F)cc2)c(Cl)c1C(=O)N1CC[C@](C)(O)C1. The minimum absolute atomic E-state index is 0.222. The van der Waals surface area contributed by atoms with Crippen LogP contribution in [0.25, 0.3) is 0 Å². The third kappa shape index (κ3) is 3.30. The third-order valence-electron chi connectivity index (χ3n) is 4.26. The van der Waals surface area contributed by atoms with E-state index >= 15 is 0 Å². The first-order valence-electron chi connectivity index (χ1n) is 7.76. The van der Waals surface area contributed by atoms with Crippen molar-refractivity contribution in [3.63, 3.8) is 0 Å². The number of hydrogen-bond acceptors (Lipinski definition) is 3. The summed E-state index contributed by atoms with van der Waals surface area (Å²) in [5, 5.41) is 14.6. The summed E-state index contributed by atoms with van der Waals surface area (Å²) < 4.78 is 14.5. The number of halogens is 2. The van der Waals surface area contributed by atoms with Crippen LogP contribution in [0.15, 0.2) is 24.3 Å². The zero-order chi connectivity index (χ0) is 17.5. The van der Waals surface area contributed by atoms with Gasteiger partial charge in [0, 0.05) is 13.1 Å². The topological polar surface area (TPSA) is 58.4 Å². The fourth-order valence-electron chi connectivity index (χ4n) is 2.94.